The number of hydrogen-bond acceptors (Lipinski definition) is 7. The van der Waals surface area contributed by atoms with Gasteiger partial charge in [-0.2, -0.15) is 0 Å². The quantitative estimate of drug-likeness (QED) is 0.0445. The van der Waals surface area contributed by atoms with Gasteiger partial charge in [-0.1, -0.05) is 63.5 Å². The number of azide groups is 1. The van der Waals surface area contributed by atoms with E-state index in [0.717, 1.165) is 28.2 Å². The van der Waals surface area contributed by atoms with Gasteiger partial charge in [0.15, 0.2) is 11.6 Å². The van der Waals surface area contributed by atoms with Gasteiger partial charge in [-0.3, -0.25) is 10.2 Å². The van der Waals surface area contributed by atoms with E-state index in [1.807, 2.05) is 24.3 Å². The number of hydrazine groups is 1. The molecule has 13 heteroatoms. The number of nitrogens with one attached hydrogen (secondary N) is 2. The molecule has 0 spiro atoms. The minimum Gasteiger partial charge on any atom is -0.494 e. The highest BCUT2D eigenvalue weighted by Crippen LogP contribution is 2.44. The molecule has 0 unspecified atom stereocenters. The number of aliphatic imine (C=N–C) groups is 1. The second-order valence-corrected chi connectivity index (χ2v) is 11.5. The number of benzene rings is 4. The van der Waals surface area contributed by atoms with Gasteiger partial charge in [-0.15, -0.1) is 0 Å². The lowest BCUT2D eigenvalue weighted by molar-refractivity contribution is -0.130. The van der Waals surface area contributed by atoms with Crippen LogP contribution in [0.5, 0.6) is 5.75 Å². The summed E-state index contributed by atoms with van der Waals surface area (Å²) in [4.78, 5) is 22.3. The second kappa shape index (κ2) is 15.7. The van der Waals surface area contributed by atoms with Crippen LogP contribution in [0.1, 0.15) is 40.3 Å². The molecule has 242 valence electrons. The summed E-state index contributed by atoms with van der Waals surface area (Å²) in [5, 5.41) is 12.8. The zero-order chi connectivity index (χ0) is 33.2. The Hall–Kier alpha value is -4.81. The lowest BCUT2D eigenvalue weighted by atomic mass is 9.80. The molecule has 0 saturated heterocycles. The first-order valence-corrected chi connectivity index (χ1v) is 15.5. The van der Waals surface area contributed by atoms with Gasteiger partial charge >= 0.3 is 0 Å². The zero-order valence-corrected chi connectivity index (χ0v) is 26.7. The maximum Gasteiger partial charge on any atom is 0.266 e. The molecule has 2 atom stereocenters. The Kier molecular flexibility index (Phi) is 11.2. The predicted octanol–water partition coefficient (Wildman–Crippen LogP) is 6.62. The molecule has 1 aliphatic heterocycles. The maximum absolute atomic E-state index is 14.4. The Morgan fingerprint density at radius 1 is 1.04 bits per heavy atom. The Labute approximate surface area is 278 Å². The van der Waals surface area contributed by atoms with Crippen LogP contribution in [0.3, 0.4) is 0 Å². The molecule has 0 saturated carbocycles. The lowest BCUT2D eigenvalue weighted by Crippen LogP contribution is -2.54. The van der Waals surface area contributed by atoms with Crippen molar-refractivity contribution in [3.05, 3.63) is 145 Å². The summed E-state index contributed by atoms with van der Waals surface area (Å²) in [6.07, 6.45) is -0.438. The van der Waals surface area contributed by atoms with Gasteiger partial charge in [0, 0.05) is 46.5 Å². The van der Waals surface area contributed by atoms with Gasteiger partial charge in [0.1, 0.15) is 17.4 Å². The standard InChI is InChI=1S/C34H31BrF2N6O4/c35-29-9-4-2-6-23(29)19-34(33(45)42-39-21-25-18-26(36)12-15-30(25)37)31(28-8-3-1-7-24(28)20-40-43-38)47-32(41-34)22-10-13-27(14-11-22)46-17-5-16-44/h1-4,6-15,18,31,39,44H,5,16-17,19-21H2,(H,42,45)/t31-,34-/m0/s1. The summed E-state index contributed by atoms with van der Waals surface area (Å²) in [5.74, 6) is -1.06. The smallest absolute Gasteiger partial charge is 0.266 e. The molecule has 1 aliphatic rings. The molecule has 0 radical (unpaired) electrons. The van der Waals surface area contributed by atoms with Crippen LogP contribution in [0.15, 0.2) is 106 Å². The highest BCUT2D eigenvalue weighted by molar-refractivity contribution is 9.10. The van der Waals surface area contributed by atoms with Crippen LogP contribution in [-0.4, -0.2) is 35.7 Å². The molecule has 5 rings (SSSR count). The summed E-state index contributed by atoms with van der Waals surface area (Å²) in [7, 11) is 0. The van der Waals surface area contributed by atoms with Crippen molar-refractivity contribution in [2.24, 2.45) is 10.1 Å². The number of aliphatic hydroxyl groups excluding tert-OH is 1. The van der Waals surface area contributed by atoms with Crippen molar-refractivity contribution in [2.75, 3.05) is 13.2 Å². The fourth-order valence-corrected chi connectivity index (χ4v) is 5.66. The van der Waals surface area contributed by atoms with E-state index >= 15 is 0 Å². The third-order valence-corrected chi connectivity index (χ3v) is 8.35. The molecule has 4 aromatic carbocycles. The van der Waals surface area contributed by atoms with Crippen LogP contribution in [-0.2, 0) is 29.0 Å². The van der Waals surface area contributed by atoms with E-state index in [9.17, 15) is 13.6 Å². The third-order valence-electron chi connectivity index (χ3n) is 7.58. The van der Waals surface area contributed by atoms with Crippen LogP contribution < -0.4 is 15.6 Å². The van der Waals surface area contributed by atoms with Crippen LogP contribution in [0.25, 0.3) is 10.4 Å². The van der Waals surface area contributed by atoms with Gasteiger partial charge in [0.2, 0.25) is 5.90 Å². The molecule has 1 heterocycles. The fraction of sp³-hybridized carbons (Fsp3) is 0.235. The van der Waals surface area contributed by atoms with Gasteiger partial charge < -0.3 is 14.6 Å². The number of amides is 1. The van der Waals surface area contributed by atoms with Crippen LogP contribution >= 0.6 is 15.9 Å². The molecule has 4 aromatic rings. The average molecular weight is 706 g/mol. The topological polar surface area (TPSA) is 141 Å². The van der Waals surface area contributed by atoms with Crippen molar-refractivity contribution in [1.29, 1.82) is 0 Å². The first kappa shape index (κ1) is 33.6. The zero-order valence-electron chi connectivity index (χ0n) is 25.1. The van der Waals surface area contributed by atoms with Crippen molar-refractivity contribution in [1.82, 2.24) is 10.9 Å². The van der Waals surface area contributed by atoms with Crippen LogP contribution in [0, 0.1) is 11.6 Å². The first-order valence-electron chi connectivity index (χ1n) is 14.7. The molecule has 3 N–H and O–H groups in total. The summed E-state index contributed by atoms with van der Waals surface area (Å²) in [6, 6.07) is 24.7. The van der Waals surface area contributed by atoms with E-state index in [1.165, 1.54) is 0 Å². The van der Waals surface area contributed by atoms with E-state index in [1.54, 1.807) is 48.5 Å². The molecule has 47 heavy (non-hydrogen) atoms. The monoisotopic (exact) mass is 704 g/mol. The minimum absolute atomic E-state index is 0.00553. The predicted molar refractivity (Wildman–Crippen MR) is 175 cm³/mol. The number of halogens is 3. The number of ether oxygens (including phenoxy) is 2. The highest BCUT2D eigenvalue weighted by atomic mass is 79.9. The average Bonchev–Trinajstić information content (AvgIpc) is 3.47. The molecule has 1 amide bonds. The number of carbonyl (C=O) groups is 1. The van der Waals surface area contributed by atoms with E-state index in [-0.39, 0.29) is 37.6 Å². The Morgan fingerprint density at radius 2 is 1.79 bits per heavy atom. The highest BCUT2D eigenvalue weighted by Gasteiger charge is 2.54. The summed E-state index contributed by atoms with van der Waals surface area (Å²) in [5.41, 5.74) is 15.4. The van der Waals surface area contributed by atoms with Crippen molar-refractivity contribution in [2.45, 2.75) is 37.6 Å². The number of aliphatic hydroxyl groups is 1. The summed E-state index contributed by atoms with van der Waals surface area (Å²) >= 11 is 3.59. The van der Waals surface area contributed by atoms with Gasteiger partial charge in [0.05, 0.1) is 13.2 Å². The van der Waals surface area contributed by atoms with E-state index in [2.05, 4.69) is 36.8 Å². The summed E-state index contributed by atoms with van der Waals surface area (Å²) in [6.45, 7) is 0.164. The van der Waals surface area contributed by atoms with Gasteiger partial charge in [-0.05, 0) is 70.8 Å². The molecule has 0 fully saturated rings. The Bertz CT molecular complexity index is 1800. The van der Waals surface area contributed by atoms with Crippen LogP contribution in [0.2, 0.25) is 0 Å². The normalized spacial score (nSPS) is 16.9. The Morgan fingerprint density at radius 3 is 2.53 bits per heavy atom. The van der Waals surface area contributed by atoms with E-state index in [0.29, 0.717) is 35.5 Å². The number of hydrogen-bond donors (Lipinski definition) is 3. The maximum atomic E-state index is 14.4. The van der Waals surface area contributed by atoms with E-state index < -0.39 is 29.2 Å². The second-order valence-electron chi connectivity index (χ2n) is 10.7. The number of carbonyl (C=O) groups excluding carboxylic acids is 1. The molecular formula is C34H31BrF2N6O4. The lowest BCUT2D eigenvalue weighted by Gasteiger charge is -2.32. The van der Waals surface area contributed by atoms with Crippen molar-refractivity contribution in [3.8, 4) is 5.75 Å². The van der Waals surface area contributed by atoms with Crippen molar-refractivity contribution >= 4 is 27.7 Å². The largest absolute Gasteiger partial charge is 0.494 e. The molecule has 10 nitrogen and oxygen atoms in total. The minimum atomic E-state index is -1.63. The number of nitrogens with zero attached hydrogens (tertiary/aromatic N) is 4. The number of rotatable bonds is 14. The fourth-order valence-electron chi connectivity index (χ4n) is 5.24. The Balaban J connectivity index is 1.58. The van der Waals surface area contributed by atoms with Crippen LogP contribution in [0.4, 0.5) is 8.78 Å². The molecule has 0 bridgehead atoms. The van der Waals surface area contributed by atoms with Crippen molar-refractivity contribution < 1.29 is 28.2 Å². The molecule has 0 aliphatic carbocycles. The molecule has 0 aromatic heterocycles. The van der Waals surface area contributed by atoms with Gasteiger partial charge in [-0.25, -0.2) is 19.2 Å². The van der Waals surface area contributed by atoms with Crippen molar-refractivity contribution in [3.63, 3.8) is 0 Å². The van der Waals surface area contributed by atoms with Gasteiger partial charge in [0.25, 0.3) is 5.91 Å². The SMILES string of the molecule is [N-]=[N+]=NCc1ccccc1[C@@H]1OC(c2ccc(OCCCO)cc2)=N[C@]1(Cc1ccccc1Br)C(=O)NNCc1cc(F)ccc1F. The summed E-state index contributed by atoms with van der Waals surface area (Å²) < 4.78 is 41.2. The molecular weight excluding hydrogens is 674 g/mol. The third kappa shape index (κ3) is 7.95. The van der Waals surface area contributed by atoms with E-state index in [4.69, 9.17) is 25.1 Å². The first-order chi connectivity index (χ1) is 22.8.